The van der Waals surface area contributed by atoms with Crippen LogP contribution in [0.2, 0.25) is 0 Å². The maximum absolute atomic E-state index is 14.9. The molecule has 1 unspecified atom stereocenters. The molecule has 180 valence electrons. The van der Waals surface area contributed by atoms with Gasteiger partial charge in [0.1, 0.15) is 22.7 Å². The van der Waals surface area contributed by atoms with Gasteiger partial charge in [0.2, 0.25) is 0 Å². The molecule has 3 atom stereocenters. The molecule has 1 fully saturated rings. The number of pyridine rings is 1. The summed E-state index contributed by atoms with van der Waals surface area (Å²) in [4.78, 5) is 20.7. The average molecular weight is 489 g/mol. The van der Waals surface area contributed by atoms with Crippen LogP contribution in [-0.2, 0) is 17.6 Å². The Morgan fingerprint density at radius 1 is 1.24 bits per heavy atom. The standard InChI is InChI=1S/C23H26F2N6O2S/c24-12-4-2-5-13(25)18(12)23-31(20(21(27)33)22(28)34-23)16-9-29-15-6-1-3-11(15)19(16)30-8-7-17(32)14(26)10-30/h2,4-5,9,14,17,23,32H,1,3,6-8,10,26,28H2,(H2,27,33)/t14-,17-,23?/m1/s1. The topological polar surface area (TPSA) is 135 Å². The van der Waals surface area contributed by atoms with Gasteiger partial charge >= 0.3 is 0 Å². The summed E-state index contributed by atoms with van der Waals surface area (Å²) in [7, 11) is 0. The maximum atomic E-state index is 14.9. The molecule has 34 heavy (non-hydrogen) atoms. The molecule has 1 saturated heterocycles. The second-order valence-corrected chi connectivity index (χ2v) is 9.91. The number of hydrogen-bond acceptors (Lipinski definition) is 8. The van der Waals surface area contributed by atoms with Crippen LogP contribution < -0.4 is 27.0 Å². The van der Waals surface area contributed by atoms with Crippen LogP contribution in [0.1, 0.15) is 35.0 Å². The first kappa shape index (κ1) is 22.9. The number of aryl methyl sites for hydroxylation is 1. The first-order chi connectivity index (χ1) is 16.3. The zero-order valence-corrected chi connectivity index (χ0v) is 19.2. The number of nitrogens with zero attached hydrogens (tertiary/aromatic N) is 3. The van der Waals surface area contributed by atoms with Crippen LogP contribution in [0.4, 0.5) is 20.2 Å². The lowest BCUT2D eigenvalue weighted by Crippen LogP contribution is -2.52. The lowest BCUT2D eigenvalue weighted by Gasteiger charge is -2.40. The van der Waals surface area contributed by atoms with E-state index in [0.717, 1.165) is 48.0 Å². The van der Waals surface area contributed by atoms with E-state index >= 15 is 0 Å². The molecule has 1 amide bonds. The van der Waals surface area contributed by atoms with Crippen LogP contribution in [0.5, 0.6) is 0 Å². The smallest absolute Gasteiger partial charge is 0.268 e. The number of thioether (sulfide) groups is 1. The first-order valence-corrected chi connectivity index (χ1v) is 12.0. The number of aliphatic hydroxyl groups excluding tert-OH is 1. The van der Waals surface area contributed by atoms with Gasteiger partial charge in [0, 0.05) is 24.8 Å². The molecule has 0 saturated carbocycles. The van der Waals surface area contributed by atoms with E-state index in [4.69, 9.17) is 17.2 Å². The first-order valence-electron chi connectivity index (χ1n) is 11.2. The molecule has 3 aliphatic rings. The number of piperidine rings is 1. The zero-order valence-electron chi connectivity index (χ0n) is 18.4. The van der Waals surface area contributed by atoms with Gasteiger partial charge in [0.05, 0.1) is 34.3 Å². The van der Waals surface area contributed by atoms with E-state index in [1.54, 1.807) is 6.20 Å². The number of hydrogen-bond donors (Lipinski definition) is 4. The van der Waals surface area contributed by atoms with Gasteiger partial charge in [-0.1, -0.05) is 17.8 Å². The van der Waals surface area contributed by atoms with E-state index in [9.17, 15) is 18.7 Å². The third kappa shape index (κ3) is 3.68. The van der Waals surface area contributed by atoms with Gasteiger partial charge in [-0.05, 0) is 43.4 Å². The van der Waals surface area contributed by atoms with Crippen molar-refractivity contribution in [1.82, 2.24) is 4.98 Å². The van der Waals surface area contributed by atoms with E-state index in [1.807, 2.05) is 0 Å². The van der Waals surface area contributed by atoms with Crippen LogP contribution >= 0.6 is 11.8 Å². The van der Waals surface area contributed by atoms with Crippen molar-refractivity contribution in [2.24, 2.45) is 17.2 Å². The number of amides is 1. The van der Waals surface area contributed by atoms with E-state index in [-0.39, 0.29) is 16.3 Å². The lowest BCUT2D eigenvalue weighted by molar-refractivity contribution is -0.114. The van der Waals surface area contributed by atoms with E-state index < -0.39 is 35.1 Å². The number of aliphatic hydroxyl groups is 1. The Morgan fingerprint density at radius 3 is 2.65 bits per heavy atom. The van der Waals surface area contributed by atoms with Gasteiger partial charge in [-0.2, -0.15) is 0 Å². The second kappa shape index (κ2) is 8.71. The lowest BCUT2D eigenvalue weighted by atomic mass is 10.00. The van der Waals surface area contributed by atoms with Gasteiger partial charge in [-0.3, -0.25) is 9.78 Å². The minimum absolute atomic E-state index is 0.0278. The highest BCUT2D eigenvalue weighted by atomic mass is 32.2. The number of aromatic nitrogens is 1. The predicted octanol–water partition coefficient (Wildman–Crippen LogP) is 1.61. The molecular formula is C23H26F2N6O2S. The largest absolute Gasteiger partial charge is 0.392 e. The molecule has 1 aliphatic carbocycles. The Balaban J connectivity index is 1.71. The van der Waals surface area contributed by atoms with Gasteiger partial charge in [-0.15, -0.1) is 0 Å². The van der Waals surface area contributed by atoms with Crippen molar-refractivity contribution in [3.8, 4) is 0 Å². The summed E-state index contributed by atoms with van der Waals surface area (Å²) in [5, 5.41) is 9.26. The Bertz CT molecular complexity index is 1170. The SMILES string of the molecule is NC(=O)C1=C(N)SC(c2c(F)cccc2F)N1c1cnc2c(c1N1CC[C@@H](O)[C@H](N)C1)CCC2. The minimum Gasteiger partial charge on any atom is -0.392 e. The Kier molecular flexibility index (Phi) is 5.86. The minimum atomic E-state index is -0.993. The van der Waals surface area contributed by atoms with Crippen LogP contribution in [0.3, 0.4) is 0 Å². The van der Waals surface area contributed by atoms with Crippen molar-refractivity contribution >= 4 is 29.0 Å². The van der Waals surface area contributed by atoms with E-state index in [2.05, 4.69) is 9.88 Å². The summed E-state index contributed by atoms with van der Waals surface area (Å²) in [6, 6.07) is 3.16. The van der Waals surface area contributed by atoms with Crippen LogP contribution in [0, 0.1) is 11.6 Å². The van der Waals surface area contributed by atoms with Gasteiger partial charge < -0.3 is 32.1 Å². The molecule has 7 N–H and O–H groups in total. The van der Waals surface area contributed by atoms with E-state index in [1.165, 1.54) is 23.1 Å². The summed E-state index contributed by atoms with van der Waals surface area (Å²) in [5.41, 5.74) is 21.1. The zero-order chi connectivity index (χ0) is 24.1. The summed E-state index contributed by atoms with van der Waals surface area (Å²) < 4.78 is 29.8. The number of rotatable bonds is 4. The predicted molar refractivity (Wildman–Crippen MR) is 127 cm³/mol. The molecule has 1 aromatic heterocycles. The second-order valence-electron chi connectivity index (χ2n) is 8.79. The maximum Gasteiger partial charge on any atom is 0.268 e. The molecule has 0 radical (unpaired) electrons. The van der Waals surface area contributed by atoms with Crippen molar-refractivity contribution in [3.63, 3.8) is 0 Å². The van der Waals surface area contributed by atoms with Gasteiger partial charge in [0.25, 0.3) is 5.91 Å². The Hall–Kier alpha value is -2.89. The highest BCUT2D eigenvalue weighted by Crippen LogP contribution is 2.52. The molecule has 8 nitrogen and oxygen atoms in total. The highest BCUT2D eigenvalue weighted by Gasteiger charge is 2.42. The van der Waals surface area contributed by atoms with Crippen molar-refractivity contribution in [3.05, 3.63) is 63.6 Å². The average Bonchev–Trinajstić information content (AvgIpc) is 3.39. The van der Waals surface area contributed by atoms with Gasteiger partial charge in [0.15, 0.2) is 0 Å². The number of primary amides is 1. The monoisotopic (exact) mass is 488 g/mol. The summed E-state index contributed by atoms with van der Waals surface area (Å²) in [6.45, 7) is 0.915. The molecule has 0 spiro atoms. The number of nitrogens with two attached hydrogens (primary N) is 3. The summed E-state index contributed by atoms with van der Waals surface area (Å²) in [6.07, 6.45) is 3.97. The number of benzene rings is 1. The number of carbonyl (C=O) groups is 1. The number of carbonyl (C=O) groups excluding carboxylic acids is 1. The Labute approximate surface area is 199 Å². The molecule has 0 bridgehead atoms. The fourth-order valence-electron chi connectivity index (χ4n) is 5.07. The summed E-state index contributed by atoms with van der Waals surface area (Å²) >= 11 is 0.967. The third-order valence-electron chi connectivity index (χ3n) is 6.68. The third-order valence-corrected chi connectivity index (χ3v) is 7.80. The normalized spacial score (nSPS) is 24.6. The molecule has 3 heterocycles. The molecular weight excluding hydrogens is 462 g/mol. The van der Waals surface area contributed by atoms with Crippen molar-refractivity contribution in [2.45, 2.75) is 43.2 Å². The number of anilines is 2. The molecule has 1 aromatic carbocycles. The van der Waals surface area contributed by atoms with Crippen molar-refractivity contribution in [2.75, 3.05) is 22.9 Å². The van der Waals surface area contributed by atoms with Crippen LogP contribution in [-0.4, -0.2) is 41.2 Å². The molecule has 5 rings (SSSR count). The van der Waals surface area contributed by atoms with Crippen LogP contribution in [0.25, 0.3) is 0 Å². The fourth-order valence-corrected chi connectivity index (χ4v) is 6.29. The van der Waals surface area contributed by atoms with Crippen molar-refractivity contribution < 1.29 is 18.7 Å². The number of fused-ring (bicyclic) bond motifs is 1. The van der Waals surface area contributed by atoms with Crippen LogP contribution in [0.15, 0.2) is 35.1 Å². The molecule has 11 heteroatoms. The quantitative estimate of drug-likeness (QED) is 0.510. The molecule has 2 aromatic rings. The fraction of sp³-hybridized carbons (Fsp3) is 0.391. The van der Waals surface area contributed by atoms with E-state index in [0.29, 0.717) is 25.2 Å². The molecule has 2 aliphatic heterocycles. The highest BCUT2D eigenvalue weighted by molar-refractivity contribution is 8.03. The number of halogens is 2. The van der Waals surface area contributed by atoms with Gasteiger partial charge in [-0.25, -0.2) is 8.78 Å². The van der Waals surface area contributed by atoms with Crippen molar-refractivity contribution in [1.29, 1.82) is 0 Å². The summed E-state index contributed by atoms with van der Waals surface area (Å²) in [5.74, 6) is -2.30. The Morgan fingerprint density at radius 2 is 1.97 bits per heavy atom.